The molecule has 1 aliphatic rings. The summed E-state index contributed by atoms with van der Waals surface area (Å²) in [5.41, 5.74) is 2.60. The lowest BCUT2D eigenvalue weighted by molar-refractivity contribution is 0.105. The van der Waals surface area contributed by atoms with Crippen LogP contribution in [0.25, 0.3) is 10.9 Å². The number of hydrogen-bond acceptors (Lipinski definition) is 2. The molecule has 0 atom stereocenters. The zero-order valence-corrected chi connectivity index (χ0v) is 11.7. The van der Waals surface area contributed by atoms with Gasteiger partial charge in [-0.2, -0.15) is 0 Å². The molecule has 1 aromatic heterocycles. The van der Waals surface area contributed by atoms with E-state index in [4.69, 9.17) is 0 Å². The molecule has 1 fully saturated rings. The minimum absolute atomic E-state index is 0.0921. The first-order chi connectivity index (χ1) is 9.75. The van der Waals surface area contributed by atoms with Crippen molar-refractivity contribution in [3.63, 3.8) is 0 Å². The standard InChI is InChI=1S/C17H18N2O/c1-13-17(14-7-3-4-8-15(14)18-13)16(20)9-12-19-10-5-2-6-11-19/h3-4,7-8,18H,2,5-6,10-11H2,1H3. The number of likely N-dealkylation sites (tertiary alicyclic amines) is 1. The Morgan fingerprint density at radius 1 is 1.20 bits per heavy atom. The molecule has 0 bridgehead atoms. The van der Waals surface area contributed by atoms with Gasteiger partial charge in [0.1, 0.15) is 0 Å². The van der Waals surface area contributed by atoms with Crippen LogP contribution in [-0.4, -0.2) is 28.8 Å². The minimum Gasteiger partial charge on any atom is -0.358 e. The number of nitrogens with one attached hydrogen (secondary N) is 1. The first kappa shape index (κ1) is 12.8. The number of carbonyl (C=O) groups is 1. The Morgan fingerprint density at radius 3 is 2.75 bits per heavy atom. The fourth-order valence-corrected chi connectivity index (χ4v) is 2.77. The number of H-pyrrole nitrogens is 1. The molecule has 0 unspecified atom stereocenters. The zero-order valence-electron chi connectivity index (χ0n) is 11.7. The van der Waals surface area contributed by atoms with Gasteiger partial charge in [0.15, 0.2) is 0 Å². The predicted octanol–water partition coefficient (Wildman–Crippen LogP) is 3.11. The number of Topliss-reactive ketones (excluding diaryl/α,β-unsaturated/α-hetero) is 1. The van der Waals surface area contributed by atoms with Gasteiger partial charge in [0.25, 0.3) is 0 Å². The molecule has 3 heteroatoms. The van der Waals surface area contributed by atoms with Gasteiger partial charge >= 0.3 is 0 Å². The van der Waals surface area contributed by atoms with Crippen molar-refractivity contribution in [2.75, 3.05) is 13.1 Å². The number of ketones is 1. The summed E-state index contributed by atoms with van der Waals surface area (Å²) in [5, 5.41) is 0.961. The first-order valence-electron chi connectivity index (χ1n) is 7.14. The monoisotopic (exact) mass is 266 g/mol. The van der Waals surface area contributed by atoms with E-state index < -0.39 is 0 Å². The normalized spacial score (nSPS) is 14.9. The molecule has 0 spiro atoms. The van der Waals surface area contributed by atoms with Crippen molar-refractivity contribution < 1.29 is 4.79 Å². The second kappa shape index (κ2) is 5.42. The maximum Gasteiger partial charge on any atom is 0.240 e. The largest absolute Gasteiger partial charge is 0.358 e. The van der Waals surface area contributed by atoms with Crippen molar-refractivity contribution in [2.45, 2.75) is 26.2 Å². The summed E-state index contributed by atoms with van der Waals surface area (Å²) in [6, 6.07) is 10.9. The van der Waals surface area contributed by atoms with Crippen molar-refractivity contribution >= 4 is 16.7 Å². The lowest BCUT2D eigenvalue weighted by Crippen LogP contribution is -2.25. The third-order valence-electron chi connectivity index (χ3n) is 3.80. The summed E-state index contributed by atoms with van der Waals surface area (Å²) in [6.07, 6.45) is 3.62. The van der Waals surface area contributed by atoms with E-state index in [1.807, 2.05) is 31.2 Å². The third-order valence-corrected chi connectivity index (χ3v) is 3.80. The zero-order chi connectivity index (χ0) is 13.9. The molecule has 20 heavy (non-hydrogen) atoms. The molecule has 0 radical (unpaired) electrons. The summed E-state index contributed by atoms with van der Waals surface area (Å²) in [7, 11) is 0. The lowest BCUT2D eigenvalue weighted by Gasteiger charge is -2.21. The van der Waals surface area contributed by atoms with Crippen LogP contribution in [0.15, 0.2) is 24.3 Å². The second-order valence-electron chi connectivity index (χ2n) is 5.28. The quantitative estimate of drug-likeness (QED) is 0.636. The van der Waals surface area contributed by atoms with Gasteiger partial charge < -0.3 is 9.88 Å². The van der Waals surface area contributed by atoms with E-state index in [1.54, 1.807) is 0 Å². The number of hydrogen-bond donors (Lipinski definition) is 1. The smallest absolute Gasteiger partial charge is 0.240 e. The molecular formula is C17H18N2O. The van der Waals surface area contributed by atoms with E-state index in [0.29, 0.717) is 5.56 Å². The van der Waals surface area contributed by atoms with Crippen LogP contribution in [-0.2, 0) is 0 Å². The van der Waals surface area contributed by atoms with Gasteiger partial charge in [-0.3, -0.25) is 4.79 Å². The van der Waals surface area contributed by atoms with E-state index in [2.05, 4.69) is 21.8 Å². The Labute approximate surface area is 119 Å². The SMILES string of the molecule is Cc1[nH]c2ccccc2c1C(=O)C#CN1CCCCC1. The Kier molecular flexibility index (Phi) is 3.47. The molecule has 0 aliphatic carbocycles. The summed E-state index contributed by atoms with van der Waals surface area (Å²) < 4.78 is 0. The second-order valence-corrected chi connectivity index (χ2v) is 5.28. The van der Waals surface area contributed by atoms with Gasteiger partial charge in [0.2, 0.25) is 5.78 Å². The van der Waals surface area contributed by atoms with Crippen LogP contribution in [0.3, 0.4) is 0 Å². The summed E-state index contributed by atoms with van der Waals surface area (Å²) in [6.45, 7) is 3.89. The van der Waals surface area contributed by atoms with E-state index in [9.17, 15) is 4.79 Å². The van der Waals surface area contributed by atoms with Crippen molar-refractivity contribution in [1.82, 2.24) is 9.88 Å². The summed E-state index contributed by atoms with van der Waals surface area (Å²) in [5.74, 6) is 2.71. The Bertz CT molecular complexity index is 697. The molecule has 3 rings (SSSR count). The average molecular weight is 266 g/mol. The van der Waals surface area contributed by atoms with Crippen LogP contribution < -0.4 is 0 Å². The predicted molar refractivity (Wildman–Crippen MR) is 80.6 cm³/mol. The fraction of sp³-hybridized carbons (Fsp3) is 0.353. The van der Waals surface area contributed by atoms with Crippen molar-refractivity contribution in [3.8, 4) is 12.0 Å². The highest BCUT2D eigenvalue weighted by Gasteiger charge is 2.14. The molecule has 102 valence electrons. The maximum atomic E-state index is 12.4. The molecular weight excluding hydrogens is 248 g/mol. The highest BCUT2D eigenvalue weighted by atomic mass is 16.1. The number of aryl methyl sites for hydroxylation is 1. The van der Waals surface area contributed by atoms with Crippen LogP contribution in [0.4, 0.5) is 0 Å². The minimum atomic E-state index is -0.0921. The van der Waals surface area contributed by atoms with Gasteiger partial charge in [0.05, 0.1) is 5.56 Å². The molecule has 2 heterocycles. The summed E-state index contributed by atoms with van der Waals surface area (Å²) >= 11 is 0. The number of benzene rings is 1. The van der Waals surface area contributed by atoms with Crippen LogP contribution in [0.1, 0.15) is 35.3 Å². The van der Waals surface area contributed by atoms with E-state index in [1.165, 1.54) is 19.3 Å². The molecule has 0 amide bonds. The average Bonchev–Trinajstić information content (AvgIpc) is 2.82. The number of carbonyl (C=O) groups excluding carboxylic acids is 1. The molecule has 1 aromatic carbocycles. The number of fused-ring (bicyclic) bond motifs is 1. The van der Waals surface area contributed by atoms with Crippen molar-refractivity contribution in [2.24, 2.45) is 0 Å². The Morgan fingerprint density at radius 2 is 1.95 bits per heavy atom. The first-order valence-corrected chi connectivity index (χ1v) is 7.14. The highest BCUT2D eigenvalue weighted by Crippen LogP contribution is 2.22. The van der Waals surface area contributed by atoms with E-state index in [0.717, 1.165) is 29.7 Å². The van der Waals surface area contributed by atoms with E-state index in [-0.39, 0.29) is 5.78 Å². The van der Waals surface area contributed by atoms with Crippen LogP contribution in [0.5, 0.6) is 0 Å². The van der Waals surface area contributed by atoms with Crippen LogP contribution in [0, 0.1) is 18.9 Å². The Hall–Kier alpha value is -2.21. The van der Waals surface area contributed by atoms with Gasteiger partial charge in [-0.25, -0.2) is 0 Å². The van der Waals surface area contributed by atoms with Gasteiger partial charge in [0, 0.05) is 41.7 Å². The fourth-order valence-electron chi connectivity index (χ4n) is 2.77. The number of aromatic nitrogens is 1. The molecule has 2 aromatic rings. The van der Waals surface area contributed by atoms with Gasteiger partial charge in [-0.05, 0) is 32.3 Å². The number of nitrogens with zero attached hydrogens (tertiary/aromatic N) is 1. The third kappa shape index (κ3) is 2.42. The Balaban J connectivity index is 1.89. The summed E-state index contributed by atoms with van der Waals surface area (Å²) in [4.78, 5) is 17.7. The van der Waals surface area contributed by atoms with Crippen molar-refractivity contribution in [1.29, 1.82) is 0 Å². The molecule has 1 aliphatic heterocycles. The number of aromatic amines is 1. The molecule has 1 N–H and O–H groups in total. The number of piperidine rings is 1. The van der Waals surface area contributed by atoms with Crippen molar-refractivity contribution in [3.05, 3.63) is 35.5 Å². The molecule has 3 nitrogen and oxygen atoms in total. The lowest BCUT2D eigenvalue weighted by atomic mass is 10.1. The van der Waals surface area contributed by atoms with Gasteiger partial charge in [-0.15, -0.1) is 0 Å². The molecule has 0 saturated carbocycles. The highest BCUT2D eigenvalue weighted by molar-refractivity contribution is 6.17. The molecule has 1 saturated heterocycles. The van der Waals surface area contributed by atoms with E-state index >= 15 is 0 Å². The van der Waals surface area contributed by atoms with Crippen LogP contribution >= 0.6 is 0 Å². The maximum absolute atomic E-state index is 12.4. The van der Waals surface area contributed by atoms with Crippen LogP contribution in [0.2, 0.25) is 0 Å². The van der Waals surface area contributed by atoms with Gasteiger partial charge in [-0.1, -0.05) is 18.2 Å². The number of para-hydroxylation sites is 1. The number of rotatable bonds is 1. The topological polar surface area (TPSA) is 36.1 Å².